The smallest absolute Gasteiger partial charge is 0.0346 e. The van der Waals surface area contributed by atoms with Crippen LogP contribution < -0.4 is 5.73 Å². The monoisotopic (exact) mass is 230 g/mol. The van der Waals surface area contributed by atoms with E-state index in [0.717, 1.165) is 24.2 Å². The summed E-state index contributed by atoms with van der Waals surface area (Å²) in [6.07, 6.45) is 5.68. The second-order valence-corrected chi connectivity index (χ2v) is 5.79. The molecule has 0 heterocycles. The first kappa shape index (κ1) is 11.1. The van der Waals surface area contributed by atoms with Crippen LogP contribution >= 0.6 is 0 Å². The van der Waals surface area contributed by atoms with Crippen LogP contribution in [0.3, 0.4) is 0 Å². The molecule has 1 aromatic carbocycles. The van der Waals surface area contributed by atoms with Crippen molar-refractivity contribution in [2.24, 2.45) is 5.92 Å². The highest BCUT2D eigenvalue weighted by atomic mass is 15.2. The Bertz CT molecular complexity index is 405. The number of rotatable bonds is 5. The van der Waals surface area contributed by atoms with Crippen molar-refractivity contribution in [2.75, 3.05) is 12.3 Å². The molecule has 3 rings (SSSR count). The molecule has 0 saturated heterocycles. The molecule has 0 aromatic heterocycles. The van der Waals surface area contributed by atoms with Crippen LogP contribution in [-0.2, 0) is 6.54 Å². The average Bonchev–Trinajstić information content (AvgIpc) is 3.15. The first-order valence-electron chi connectivity index (χ1n) is 6.81. The maximum absolute atomic E-state index is 5.98. The summed E-state index contributed by atoms with van der Waals surface area (Å²) in [4.78, 5) is 2.67. The fraction of sp³-hybridized carbons (Fsp3) is 0.600. The van der Waals surface area contributed by atoms with Crippen LogP contribution in [0, 0.1) is 12.8 Å². The van der Waals surface area contributed by atoms with E-state index >= 15 is 0 Å². The van der Waals surface area contributed by atoms with E-state index in [2.05, 4.69) is 30.0 Å². The number of nitrogens with zero attached hydrogens (tertiary/aromatic N) is 1. The minimum Gasteiger partial charge on any atom is -0.399 e. The number of nitrogen functional groups attached to an aromatic ring is 1. The first-order chi connectivity index (χ1) is 8.22. The van der Waals surface area contributed by atoms with Gasteiger partial charge in [0.15, 0.2) is 0 Å². The summed E-state index contributed by atoms with van der Waals surface area (Å²) >= 11 is 0. The van der Waals surface area contributed by atoms with Crippen LogP contribution in [0.2, 0.25) is 0 Å². The molecule has 0 radical (unpaired) electrons. The van der Waals surface area contributed by atoms with E-state index in [4.69, 9.17) is 5.73 Å². The molecule has 0 aliphatic heterocycles. The Morgan fingerprint density at radius 2 is 2.00 bits per heavy atom. The van der Waals surface area contributed by atoms with Crippen molar-refractivity contribution in [3.05, 3.63) is 29.3 Å². The van der Waals surface area contributed by atoms with Crippen molar-refractivity contribution in [1.29, 1.82) is 0 Å². The van der Waals surface area contributed by atoms with Crippen LogP contribution in [-0.4, -0.2) is 17.5 Å². The number of nitrogens with two attached hydrogens (primary N) is 1. The summed E-state index contributed by atoms with van der Waals surface area (Å²) in [6.45, 7) is 4.46. The minimum absolute atomic E-state index is 0.859. The molecule has 0 atom stereocenters. The number of hydrogen-bond donors (Lipinski definition) is 1. The molecule has 2 aliphatic rings. The lowest BCUT2D eigenvalue weighted by molar-refractivity contribution is 0.244. The summed E-state index contributed by atoms with van der Waals surface area (Å²) in [5, 5.41) is 0. The zero-order valence-corrected chi connectivity index (χ0v) is 10.7. The van der Waals surface area contributed by atoms with Crippen LogP contribution in [0.5, 0.6) is 0 Å². The standard InChI is InChI=1S/C15H22N2/c1-11-2-3-13(8-15(11)16)10-17(14-6-7-14)9-12-4-5-12/h2-3,8,12,14H,4-7,9-10,16H2,1H3. The largest absolute Gasteiger partial charge is 0.399 e. The van der Waals surface area contributed by atoms with Gasteiger partial charge in [0.2, 0.25) is 0 Å². The van der Waals surface area contributed by atoms with Gasteiger partial charge < -0.3 is 5.73 Å². The second kappa shape index (κ2) is 4.34. The normalized spacial score (nSPS) is 19.9. The van der Waals surface area contributed by atoms with Gasteiger partial charge in [0.05, 0.1) is 0 Å². The Balaban J connectivity index is 1.67. The van der Waals surface area contributed by atoms with Crippen molar-refractivity contribution >= 4 is 5.69 Å². The highest BCUT2D eigenvalue weighted by Crippen LogP contribution is 2.35. The van der Waals surface area contributed by atoms with E-state index in [1.165, 1.54) is 43.4 Å². The molecule has 1 aromatic rings. The predicted octanol–water partition coefficient (Wildman–Crippen LogP) is 2.95. The molecule has 2 heteroatoms. The maximum atomic E-state index is 5.98. The molecule has 0 amide bonds. The van der Waals surface area contributed by atoms with Crippen molar-refractivity contribution in [3.63, 3.8) is 0 Å². The van der Waals surface area contributed by atoms with Gasteiger partial charge in [-0.1, -0.05) is 12.1 Å². The van der Waals surface area contributed by atoms with E-state index in [1.807, 2.05) is 0 Å². The summed E-state index contributed by atoms with van der Waals surface area (Å²) in [5.41, 5.74) is 9.48. The van der Waals surface area contributed by atoms with Crippen molar-refractivity contribution in [3.8, 4) is 0 Å². The van der Waals surface area contributed by atoms with Gasteiger partial charge in [-0.05, 0) is 55.7 Å². The molecule has 2 aliphatic carbocycles. The second-order valence-electron chi connectivity index (χ2n) is 5.79. The Morgan fingerprint density at radius 1 is 1.24 bits per heavy atom. The van der Waals surface area contributed by atoms with Gasteiger partial charge in [0.1, 0.15) is 0 Å². The topological polar surface area (TPSA) is 29.3 Å². The molecular formula is C15H22N2. The zero-order valence-electron chi connectivity index (χ0n) is 10.7. The van der Waals surface area contributed by atoms with Gasteiger partial charge in [0.25, 0.3) is 0 Å². The van der Waals surface area contributed by atoms with Crippen LogP contribution in [0.4, 0.5) is 5.69 Å². The van der Waals surface area contributed by atoms with Crippen molar-refractivity contribution < 1.29 is 0 Å². The molecule has 0 bridgehead atoms. The lowest BCUT2D eigenvalue weighted by Gasteiger charge is -2.22. The lowest BCUT2D eigenvalue weighted by atomic mass is 10.1. The van der Waals surface area contributed by atoms with Gasteiger partial charge in [-0.15, -0.1) is 0 Å². The lowest BCUT2D eigenvalue weighted by Crippen LogP contribution is -2.27. The number of benzene rings is 1. The van der Waals surface area contributed by atoms with Gasteiger partial charge in [-0.3, -0.25) is 4.90 Å². The molecule has 0 spiro atoms. The number of anilines is 1. The van der Waals surface area contributed by atoms with Crippen molar-refractivity contribution in [2.45, 2.75) is 45.2 Å². The van der Waals surface area contributed by atoms with Crippen LogP contribution in [0.25, 0.3) is 0 Å². The maximum Gasteiger partial charge on any atom is 0.0346 e. The Labute approximate surface area is 104 Å². The Morgan fingerprint density at radius 3 is 2.59 bits per heavy atom. The highest BCUT2D eigenvalue weighted by Gasteiger charge is 2.33. The van der Waals surface area contributed by atoms with Crippen LogP contribution in [0.15, 0.2) is 18.2 Å². The summed E-state index contributed by atoms with van der Waals surface area (Å²) in [6, 6.07) is 7.39. The molecule has 2 fully saturated rings. The van der Waals surface area contributed by atoms with Crippen molar-refractivity contribution in [1.82, 2.24) is 4.90 Å². The summed E-state index contributed by atoms with van der Waals surface area (Å²) in [7, 11) is 0. The number of hydrogen-bond acceptors (Lipinski definition) is 2. The number of aryl methyl sites for hydroxylation is 1. The van der Waals surface area contributed by atoms with Gasteiger partial charge >= 0.3 is 0 Å². The molecule has 92 valence electrons. The van der Waals surface area contributed by atoms with Gasteiger partial charge in [0, 0.05) is 24.8 Å². The van der Waals surface area contributed by atoms with E-state index in [-0.39, 0.29) is 0 Å². The summed E-state index contributed by atoms with van der Waals surface area (Å²) in [5.74, 6) is 0.985. The minimum atomic E-state index is 0.859. The predicted molar refractivity (Wildman–Crippen MR) is 71.7 cm³/mol. The van der Waals surface area contributed by atoms with E-state index in [1.54, 1.807) is 0 Å². The first-order valence-corrected chi connectivity index (χ1v) is 6.81. The average molecular weight is 230 g/mol. The molecule has 0 unspecified atom stereocenters. The highest BCUT2D eigenvalue weighted by molar-refractivity contribution is 5.48. The summed E-state index contributed by atoms with van der Waals surface area (Å²) < 4.78 is 0. The van der Waals surface area contributed by atoms with Gasteiger partial charge in [-0.25, -0.2) is 0 Å². The molecular weight excluding hydrogens is 208 g/mol. The Hall–Kier alpha value is -1.02. The molecule has 2 nitrogen and oxygen atoms in total. The SMILES string of the molecule is Cc1ccc(CN(CC2CC2)C2CC2)cc1N. The van der Waals surface area contributed by atoms with E-state index in [0.29, 0.717) is 0 Å². The zero-order chi connectivity index (χ0) is 11.8. The molecule has 2 saturated carbocycles. The Kier molecular flexibility index (Phi) is 2.83. The van der Waals surface area contributed by atoms with Crippen LogP contribution in [0.1, 0.15) is 36.8 Å². The fourth-order valence-corrected chi connectivity index (χ4v) is 2.44. The van der Waals surface area contributed by atoms with E-state index in [9.17, 15) is 0 Å². The molecule has 2 N–H and O–H groups in total. The quantitative estimate of drug-likeness (QED) is 0.788. The third-order valence-electron chi connectivity index (χ3n) is 3.98. The van der Waals surface area contributed by atoms with E-state index < -0.39 is 0 Å². The molecule has 17 heavy (non-hydrogen) atoms. The third kappa shape index (κ3) is 2.81. The van der Waals surface area contributed by atoms with Gasteiger partial charge in [-0.2, -0.15) is 0 Å². The fourth-order valence-electron chi connectivity index (χ4n) is 2.44. The third-order valence-corrected chi connectivity index (χ3v) is 3.98.